The number of hydrogen-bond donors (Lipinski definition) is 0. The molecule has 1 amide bonds. The first kappa shape index (κ1) is 26.6. The molecule has 0 N–H and O–H groups in total. The number of alkyl halides is 3. The molecule has 3 aromatic carbocycles. The molecular formula is C30H22F3N5O2S. The monoisotopic (exact) mass is 573 g/mol. The number of carbonyl (C=O) groups excluding carboxylic acids is 1. The molecular weight excluding hydrogens is 551 g/mol. The lowest BCUT2D eigenvalue weighted by molar-refractivity contribution is -0.274. The van der Waals surface area contributed by atoms with Crippen LogP contribution in [-0.4, -0.2) is 38.8 Å². The Morgan fingerprint density at radius 1 is 1.02 bits per heavy atom. The lowest BCUT2D eigenvalue weighted by Crippen LogP contribution is -2.30. The molecule has 3 heterocycles. The summed E-state index contributed by atoms with van der Waals surface area (Å²) in [7, 11) is 0. The zero-order valence-corrected chi connectivity index (χ0v) is 22.7. The number of aromatic nitrogens is 2. The molecule has 1 saturated heterocycles. The van der Waals surface area contributed by atoms with Gasteiger partial charge in [-0.25, -0.2) is 4.98 Å². The fraction of sp³-hybridized carbons (Fsp3) is 0.133. The zero-order chi connectivity index (χ0) is 28.7. The number of pyridine rings is 1. The maximum absolute atomic E-state index is 12.7. The van der Waals surface area contributed by atoms with E-state index in [-0.39, 0.29) is 11.7 Å². The Balaban J connectivity index is 1.26. The number of para-hydroxylation sites is 1. The van der Waals surface area contributed by atoms with Crippen LogP contribution >= 0.6 is 11.8 Å². The second-order valence-electron chi connectivity index (χ2n) is 9.46. The summed E-state index contributed by atoms with van der Waals surface area (Å²) in [6.07, 6.45) is 0.451. The van der Waals surface area contributed by atoms with Gasteiger partial charge < -0.3 is 4.74 Å². The van der Waals surface area contributed by atoms with Crippen molar-refractivity contribution in [1.29, 1.82) is 0 Å². The largest absolute Gasteiger partial charge is 0.573 e. The number of amides is 1. The maximum atomic E-state index is 12.7. The molecule has 206 valence electrons. The first-order valence-electron chi connectivity index (χ1n) is 12.6. The normalized spacial score (nSPS) is 15.2. The molecule has 41 heavy (non-hydrogen) atoms. The molecule has 2 aromatic heterocycles. The Kier molecular flexibility index (Phi) is 6.74. The summed E-state index contributed by atoms with van der Waals surface area (Å²) >= 11 is 1.36. The van der Waals surface area contributed by atoms with Gasteiger partial charge in [-0.2, -0.15) is 5.10 Å². The molecule has 0 atom stereocenters. The highest BCUT2D eigenvalue weighted by Gasteiger charge is 2.32. The Hall–Kier alpha value is -4.64. The van der Waals surface area contributed by atoms with Crippen LogP contribution in [0.3, 0.4) is 0 Å². The molecule has 0 spiro atoms. The number of ether oxygens (including phenoxy) is 1. The molecule has 0 radical (unpaired) electrons. The van der Waals surface area contributed by atoms with Gasteiger partial charge in [0.25, 0.3) is 0 Å². The fourth-order valence-electron chi connectivity index (χ4n) is 4.87. The third-order valence-electron chi connectivity index (χ3n) is 6.68. The smallest absolute Gasteiger partial charge is 0.406 e. The van der Waals surface area contributed by atoms with E-state index in [0.717, 1.165) is 38.8 Å². The highest BCUT2D eigenvalue weighted by Crippen LogP contribution is 2.32. The van der Waals surface area contributed by atoms with Crippen LogP contribution in [0.25, 0.3) is 27.7 Å². The predicted molar refractivity (Wildman–Crippen MR) is 156 cm³/mol. The maximum Gasteiger partial charge on any atom is 0.573 e. The van der Waals surface area contributed by atoms with Gasteiger partial charge in [-0.05, 0) is 78.4 Å². The van der Waals surface area contributed by atoms with Crippen LogP contribution in [0, 0.1) is 13.8 Å². The third-order valence-corrected chi connectivity index (χ3v) is 7.59. The molecule has 0 saturated carbocycles. The number of hydrogen-bond acceptors (Lipinski definition) is 6. The van der Waals surface area contributed by atoms with E-state index >= 15 is 0 Å². The molecule has 11 heteroatoms. The second-order valence-corrected chi connectivity index (χ2v) is 10.4. The van der Waals surface area contributed by atoms with Crippen LogP contribution in [0.2, 0.25) is 0 Å². The molecule has 0 unspecified atom stereocenters. The van der Waals surface area contributed by atoms with Gasteiger partial charge in [0.1, 0.15) is 11.4 Å². The van der Waals surface area contributed by atoms with Crippen LogP contribution in [-0.2, 0) is 4.79 Å². The number of rotatable bonds is 5. The molecule has 1 aliphatic rings. The number of nitrogens with zero attached hydrogens (tertiary/aromatic N) is 5. The number of imidazole rings is 1. The lowest BCUT2D eigenvalue weighted by Gasteiger charge is -2.20. The lowest BCUT2D eigenvalue weighted by atomic mass is 10.1. The fourth-order valence-corrected chi connectivity index (χ4v) is 5.68. The van der Waals surface area contributed by atoms with Gasteiger partial charge in [0.15, 0.2) is 5.17 Å². The number of aryl methyl sites for hydroxylation is 2. The number of amidine groups is 1. The number of thioether (sulfide) groups is 1. The van der Waals surface area contributed by atoms with E-state index in [1.54, 1.807) is 29.4 Å². The summed E-state index contributed by atoms with van der Waals surface area (Å²) < 4.78 is 43.3. The van der Waals surface area contributed by atoms with Crippen molar-refractivity contribution in [1.82, 2.24) is 9.38 Å². The first-order valence-corrected chi connectivity index (χ1v) is 13.6. The summed E-state index contributed by atoms with van der Waals surface area (Å²) in [6.45, 7) is 3.94. The molecule has 0 bridgehead atoms. The van der Waals surface area contributed by atoms with E-state index in [9.17, 15) is 18.0 Å². The first-order chi connectivity index (χ1) is 19.7. The Bertz CT molecular complexity index is 1840. The van der Waals surface area contributed by atoms with E-state index in [1.165, 1.54) is 23.9 Å². The van der Waals surface area contributed by atoms with E-state index < -0.39 is 6.36 Å². The molecule has 5 aromatic rings. The number of benzene rings is 3. The van der Waals surface area contributed by atoms with Gasteiger partial charge >= 0.3 is 6.36 Å². The van der Waals surface area contributed by atoms with E-state index in [2.05, 4.69) is 19.9 Å². The van der Waals surface area contributed by atoms with E-state index in [4.69, 9.17) is 0 Å². The van der Waals surface area contributed by atoms with Gasteiger partial charge in [0, 0.05) is 17.1 Å². The number of fused-ring (bicyclic) bond motifs is 3. The van der Waals surface area contributed by atoms with Crippen LogP contribution in [0.1, 0.15) is 16.7 Å². The standard InChI is InChI=1S/C30H22F3N5O2S/c1-18-4-3-5-19(2)27(18)38-26(39)17-41-29(38)36-35-15-20-6-11-24-22(14-20)12-13-37-25(16-34-28(24)37)21-7-9-23(10-8-21)40-30(31,32)33/h3-16H,17H2,1-2H3. The number of halogens is 3. The van der Waals surface area contributed by atoms with Crippen LogP contribution in [0.15, 0.2) is 89.3 Å². The topological polar surface area (TPSA) is 71.6 Å². The van der Waals surface area contributed by atoms with Crippen molar-refractivity contribution in [3.8, 4) is 17.0 Å². The number of carbonyl (C=O) groups is 1. The average Bonchev–Trinajstić information content (AvgIpc) is 3.52. The Morgan fingerprint density at radius 2 is 1.78 bits per heavy atom. The molecule has 1 aliphatic heterocycles. The summed E-state index contributed by atoms with van der Waals surface area (Å²) in [5, 5.41) is 11.0. The highest BCUT2D eigenvalue weighted by atomic mass is 32.2. The Labute approximate surface area is 237 Å². The molecule has 6 rings (SSSR count). The predicted octanol–water partition coefficient (Wildman–Crippen LogP) is 7.14. The SMILES string of the molecule is Cc1cccc(C)c1N1C(=O)CSC1=NN=Cc1ccc2c(ccn3c(-c4ccc(OC(F)(F)F)cc4)cnc23)c1. The highest BCUT2D eigenvalue weighted by molar-refractivity contribution is 8.15. The van der Waals surface area contributed by atoms with Gasteiger partial charge in [0.2, 0.25) is 5.91 Å². The van der Waals surface area contributed by atoms with Crippen LogP contribution in [0.5, 0.6) is 5.75 Å². The van der Waals surface area contributed by atoms with Crippen LogP contribution in [0.4, 0.5) is 18.9 Å². The van der Waals surface area contributed by atoms with Crippen molar-refractivity contribution >= 4 is 51.2 Å². The van der Waals surface area contributed by atoms with Crippen molar-refractivity contribution in [3.63, 3.8) is 0 Å². The van der Waals surface area contributed by atoms with Gasteiger partial charge in [-0.3, -0.25) is 14.1 Å². The van der Waals surface area contributed by atoms with Crippen molar-refractivity contribution in [3.05, 3.63) is 95.8 Å². The van der Waals surface area contributed by atoms with Crippen molar-refractivity contribution in [2.24, 2.45) is 10.2 Å². The third kappa shape index (κ3) is 5.28. The quantitative estimate of drug-likeness (QED) is 0.166. The minimum Gasteiger partial charge on any atom is -0.406 e. The van der Waals surface area contributed by atoms with Gasteiger partial charge in [-0.1, -0.05) is 36.0 Å². The summed E-state index contributed by atoms with van der Waals surface area (Å²) in [4.78, 5) is 18.9. The summed E-state index contributed by atoms with van der Waals surface area (Å²) in [5.74, 6) is 0.00278. The summed E-state index contributed by atoms with van der Waals surface area (Å²) in [5.41, 5.74) is 5.80. The Morgan fingerprint density at radius 3 is 2.51 bits per heavy atom. The molecule has 0 aliphatic carbocycles. The minimum atomic E-state index is -4.74. The van der Waals surface area contributed by atoms with Crippen molar-refractivity contribution in [2.45, 2.75) is 20.2 Å². The zero-order valence-electron chi connectivity index (χ0n) is 21.9. The second kappa shape index (κ2) is 10.4. The van der Waals surface area contributed by atoms with E-state index in [1.807, 2.05) is 66.9 Å². The number of anilines is 1. The van der Waals surface area contributed by atoms with Crippen LogP contribution < -0.4 is 9.64 Å². The minimum absolute atomic E-state index is 0.0271. The molecule has 1 fully saturated rings. The average molecular weight is 574 g/mol. The van der Waals surface area contributed by atoms with Gasteiger partial charge in [-0.15, -0.1) is 18.3 Å². The summed E-state index contributed by atoms with van der Waals surface area (Å²) in [6, 6.07) is 19.3. The van der Waals surface area contributed by atoms with E-state index in [0.29, 0.717) is 22.1 Å². The van der Waals surface area contributed by atoms with Crippen molar-refractivity contribution in [2.75, 3.05) is 10.7 Å². The van der Waals surface area contributed by atoms with Crippen molar-refractivity contribution < 1.29 is 22.7 Å². The van der Waals surface area contributed by atoms with Gasteiger partial charge in [0.05, 0.1) is 29.5 Å². The molecule has 7 nitrogen and oxygen atoms in total.